The molecule has 0 aliphatic carbocycles. The highest BCUT2D eigenvalue weighted by atomic mass is 35.5. The molecule has 38 heavy (non-hydrogen) atoms. The normalized spacial score (nSPS) is 22.8. The largest absolute Gasteiger partial charge is 0.458 e. The van der Waals surface area contributed by atoms with Gasteiger partial charge in [-0.25, -0.2) is 4.79 Å². The molecule has 1 aliphatic heterocycles. The number of hydrogen-bond donors (Lipinski definition) is 1. The first kappa shape index (κ1) is 28.0. The van der Waals surface area contributed by atoms with Crippen LogP contribution in [0, 0.1) is 5.41 Å². The second-order valence-electron chi connectivity index (χ2n) is 11.1. The highest BCUT2D eigenvalue weighted by Gasteiger charge is 2.53. The molecule has 0 spiro atoms. The summed E-state index contributed by atoms with van der Waals surface area (Å²) < 4.78 is 5.82. The van der Waals surface area contributed by atoms with Crippen molar-refractivity contribution in [2.45, 2.75) is 77.5 Å². The molecule has 1 aliphatic rings. The average molecular weight is 559 g/mol. The number of aromatic amines is 1. The number of piperidine rings is 1. The van der Waals surface area contributed by atoms with Crippen LogP contribution in [0.15, 0.2) is 48.5 Å². The van der Waals surface area contributed by atoms with E-state index < -0.39 is 29.1 Å². The molecule has 4 atom stereocenters. The number of esters is 1. The van der Waals surface area contributed by atoms with Crippen molar-refractivity contribution in [2.24, 2.45) is 5.41 Å². The number of hydrogen-bond acceptors (Lipinski definition) is 6. The number of rotatable bonds is 7. The summed E-state index contributed by atoms with van der Waals surface area (Å²) in [6.45, 7) is 9.25. The Morgan fingerprint density at radius 3 is 2.45 bits per heavy atom. The van der Waals surface area contributed by atoms with Crippen LogP contribution in [0.5, 0.6) is 0 Å². The van der Waals surface area contributed by atoms with Crippen LogP contribution in [0.2, 0.25) is 10.0 Å². The minimum absolute atomic E-state index is 0.168. The van der Waals surface area contributed by atoms with Gasteiger partial charge in [0.25, 0.3) is 0 Å². The zero-order chi connectivity index (χ0) is 27.7. The van der Waals surface area contributed by atoms with Crippen LogP contribution in [-0.4, -0.2) is 49.0 Å². The summed E-state index contributed by atoms with van der Waals surface area (Å²) >= 11 is 12.7. The molecule has 8 nitrogen and oxygen atoms in total. The Labute approximate surface area is 233 Å². The average Bonchev–Trinajstić information content (AvgIpc) is 3.34. The number of nitrogens with zero attached hydrogens (tertiary/aromatic N) is 4. The summed E-state index contributed by atoms with van der Waals surface area (Å²) in [4.78, 5) is 29.8. The van der Waals surface area contributed by atoms with Crippen LogP contribution in [0.1, 0.15) is 76.4 Å². The van der Waals surface area contributed by atoms with Gasteiger partial charge in [-0.15, -0.1) is 10.2 Å². The molecule has 0 bridgehead atoms. The Balaban J connectivity index is 1.91. The Morgan fingerprint density at radius 1 is 1.16 bits per heavy atom. The van der Waals surface area contributed by atoms with E-state index in [1.54, 1.807) is 17.0 Å². The molecule has 1 unspecified atom stereocenters. The number of carbonyl (C=O) groups excluding carboxylic acids is 2. The van der Waals surface area contributed by atoms with Crippen molar-refractivity contribution in [3.05, 3.63) is 75.5 Å². The molecule has 1 aromatic heterocycles. The first-order valence-electron chi connectivity index (χ1n) is 12.7. The molecule has 1 fully saturated rings. The summed E-state index contributed by atoms with van der Waals surface area (Å²) in [7, 11) is 0. The highest BCUT2D eigenvalue weighted by molar-refractivity contribution is 6.30. The number of amides is 1. The van der Waals surface area contributed by atoms with E-state index in [1.165, 1.54) is 0 Å². The summed E-state index contributed by atoms with van der Waals surface area (Å²) in [6, 6.07) is 13.8. The second kappa shape index (κ2) is 11.0. The number of carbonyl (C=O) groups is 2. The summed E-state index contributed by atoms with van der Waals surface area (Å²) in [5.41, 5.74) is 0.207. The van der Waals surface area contributed by atoms with Gasteiger partial charge in [-0.2, -0.15) is 5.21 Å². The van der Waals surface area contributed by atoms with Crippen molar-refractivity contribution < 1.29 is 14.3 Å². The van der Waals surface area contributed by atoms with Gasteiger partial charge in [-0.05, 0) is 69.0 Å². The van der Waals surface area contributed by atoms with Crippen molar-refractivity contribution in [1.29, 1.82) is 0 Å². The standard InChI is InChI=1S/C28H33Cl2N5O3/c1-6-22(25(36)38-27(2,3)4)35-24(17-10-12-19(29)13-11-17)21(18-8-7-9-20(30)14-18)15-28(5,26(35)37)16-23-31-33-34-32-23/h7-14,21-22,24H,6,15-16H2,1-5H3,(H,31,32,33,34)/t21-,22+,24?,28-/m1/s1. The van der Waals surface area contributed by atoms with Crippen molar-refractivity contribution >= 4 is 35.1 Å². The quantitative estimate of drug-likeness (QED) is 0.361. The van der Waals surface area contributed by atoms with E-state index in [2.05, 4.69) is 20.6 Å². The number of tetrazole rings is 1. The van der Waals surface area contributed by atoms with Crippen LogP contribution in [0.3, 0.4) is 0 Å². The van der Waals surface area contributed by atoms with E-state index in [9.17, 15) is 9.59 Å². The fourth-order valence-electron chi connectivity index (χ4n) is 5.34. The third-order valence-electron chi connectivity index (χ3n) is 6.93. The van der Waals surface area contributed by atoms with Gasteiger partial charge in [0.2, 0.25) is 5.91 Å². The zero-order valence-corrected chi connectivity index (χ0v) is 23.8. The summed E-state index contributed by atoms with van der Waals surface area (Å²) in [5, 5.41) is 15.6. The lowest BCUT2D eigenvalue weighted by molar-refractivity contribution is -0.173. The maximum absolute atomic E-state index is 14.5. The predicted octanol–water partition coefficient (Wildman–Crippen LogP) is 5.93. The number of aromatic nitrogens is 4. The molecule has 1 N–H and O–H groups in total. The fourth-order valence-corrected chi connectivity index (χ4v) is 5.67. The maximum Gasteiger partial charge on any atom is 0.329 e. The monoisotopic (exact) mass is 557 g/mol. The molecule has 10 heteroatoms. The Kier molecular flexibility index (Phi) is 8.14. The molecular weight excluding hydrogens is 525 g/mol. The van der Waals surface area contributed by atoms with Crippen LogP contribution in [0.4, 0.5) is 0 Å². The van der Waals surface area contributed by atoms with Gasteiger partial charge in [-0.3, -0.25) is 4.79 Å². The first-order valence-corrected chi connectivity index (χ1v) is 13.5. The first-order chi connectivity index (χ1) is 17.9. The summed E-state index contributed by atoms with van der Waals surface area (Å²) in [6.07, 6.45) is 1.12. The summed E-state index contributed by atoms with van der Waals surface area (Å²) in [5.74, 6) is -0.374. The van der Waals surface area contributed by atoms with Gasteiger partial charge in [0.05, 0.1) is 11.5 Å². The number of halogens is 2. The van der Waals surface area contributed by atoms with E-state index in [4.69, 9.17) is 27.9 Å². The van der Waals surface area contributed by atoms with Crippen LogP contribution in [-0.2, 0) is 20.7 Å². The van der Waals surface area contributed by atoms with E-state index in [0.717, 1.165) is 11.1 Å². The third-order valence-corrected chi connectivity index (χ3v) is 7.42. The topological polar surface area (TPSA) is 101 Å². The molecule has 2 heterocycles. The van der Waals surface area contributed by atoms with Gasteiger partial charge in [0, 0.05) is 22.4 Å². The zero-order valence-electron chi connectivity index (χ0n) is 22.2. The smallest absolute Gasteiger partial charge is 0.329 e. The number of H-pyrrole nitrogens is 1. The molecule has 4 rings (SSSR count). The van der Waals surface area contributed by atoms with Crippen molar-refractivity contribution in [3.8, 4) is 0 Å². The van der Waals surface area contributed by atoms with Gasteiger partial charge < -0.3 is 9.64 Å². The van der Waals surface area contributed by atoms with Gasteiger partial charge in [0.15, 0.2) is 5.82 Å². The number of nitrogens with one attached hydrogen (secondary N) is 1. The lowest BCUT2D eigenvalue weighted by atomic mass is 9.67. The molecule has 1 amide bonds. The van der Waals surface area contributed by atoms with Crippen LogP contribution in [0.25, 0.3) is 0 Å². The maximum atomic E-state index is 14.5. The van der Waals surface area contributed by atoms with E-state index >= 15 is 0 Å². The Bertz CT molecular complexity index is 1280. The molecule has 1 saturated heterocycles. The minimum Gasteiger partial charge on any atom is -0.458 e. The molecule has 202 valence electrons. The van der Waals surface area contributed by atoms with Gasteiger partial charge in [0.1, 0.15) is 11.6 Å². The third kappa shape index (κ3) is 6.02. The predicted molar refractivity (Wildman–Crippen MR) is 146 cm³/mol. The van der Waals surface area contributed by atoms with Crippen LogP contribution < -0.4 is 0 Å². The van der Waals surface area contributed by atoms with Crippen molar-refractivity contribution in [2.75, 3.05) is 0 Å². The molecule has 0 radical (unpaired) electrons. The Hall–Kier alpha value is -2.97. The van der Waals surface area contributed by atoms with E-state index in [1.807, 2.05) is 71.0 Å². The van der Waals surface area contributed by atoms with Crippen molar-refractivity contribution in [3.63, 3.8) is 0 Å². The Morgan fingerprint density at radius 2 is 1.87 bits per heavy atom. The van der Waals surface area contributed by atoms with E-state index in [-0.39, 0.29) is 18.2 Å². The van der Waals surface area contributed by atoms with E-state index in [0.29, 0.717) is 28.7 Å². The highest BCUT2D eigenvalue weighted by Crippen LogP contribution is 2.52. The molecular formula is C28H33Cl2N5O3. The second-order valence-corrected chi connectivity index (χ2v) is 12.0. The minimum atomic E-state index is -0.921. The number of ether oxygens (including phenoxy) is 1. The molecule has 0 saturated carbocycles. The van der Waals surface area contributed by atoms with Crippen LogP contribution >= 0.6 is 23.2 Å². The van der Waals surface area contributed by atoms with Crippen molar-refractivity contribution in [1.82, 2.24) is 25.5 Å². The lowest BCUT2D eigenvalue weighted by Gasteiger charge is -2.51. The number of likely N-dealkylation sites (tertiary alicyclic amines) is 1. The number of benzene rings is 2. The van der Waals surface area contributed by atoms with Gasteiger partial charge in [-0.1, -0.05) is 66.5 Å². The fraction of sp³-hybridized carbons (Fsp3) is 0.464. The van der Waals surface area contributed by atoms with Gasteiger partial charge >= 0.3 is 5.97 Å². The molecule has 3 aromatic rings. The lowest BCUT2D eigenvalue weighted by Crippen LogP contribution is -2.58. The molecule has 2 aromatic carbocycles. The SMILES string of the molecule is CC[C@@H](C(=O)OC(C)(C)C)N1C(=O)[C@@](C)(Cc2nn[nH]n2)C[C@H](c2cccc(Cl)c2)C1c1ccc(Cl)cc1.